The van der Waals surface area contributed by atoms with Crippen molar-refractivity contribution in [3.05, 3.63) is 83.9 Å². The number of imidazole rings is 1. The standard InChI is InChI=1S/C32H36N6O3/c1-3-5-6-13-18-25-35-31(37-27(21-14-9-7-10-15-21)22-16-11-8-12-17-22)28-32(36-25)38(20-33-28)24-19-23(29(40)30(24)41)34-26(39)4-2/h7-12,14-17,20,23-24,27,29-30,40-41H,3-6,19H2,1-2H3,(H,34,39)(H,35,36,37)/t23-,24+,29+,30-/m0/s1. The third-order valence-electron chi connectivity index (χ3n) is 7.50. The summed E-state index contributed by atoms with van der Waals surface area (Å²) in [5.41, 5.74) is 3.15. The number of carbonyl (C=O) groups excluding carboxylic acids is 1. The van der Waals surface area contributed by atoms with Crippen molar-refractivity contribution in [2.24, 2.45) is 0 Å². The van der Waals surface area contributed by atoms with Crippen LogP contribution in [0, 0.1) is 11.8 Å². The van der Waals surface area contributed by atoms with Gasteiger partial charge in [-0.25, -0.2) is 15.0 Å². The van der Waals surface area contributed by atoms with Crippen LogP contribution in [0.3, 0.4) is 0 Å². The topological polar surface area (TPSA) is 125 Å². The van der Waals surface area contributed by atoms with Crippen molar-refractivity contribution in [1.82, 2.24) is 24.8 Å². The largest absolute Gasteiger partial charge is 0.388 e. The maximum Gasteiger partial charge on any atom is 0.220 e. The molecule has 0 radical (unpaired) electrons. The van der Waals surface area contributed by atoms with Crippen molar-refractivity contribution in [2.75, 3.05) is 5.32 Å². The van der Waals surface area contributed by atoms with Gasteiger partial charge in [-0.3, -0.25) is 4.79 Å². The van der Waals surface area contributed by atoms with Gasteiger partial charge in [-0.1, -0.05) is 86.9 Å². The Bertz CT molecular complexity index is 1490. The number of aliphatic hydroxyl groups excluding tert-OH is 2. The van der Waals surface area contributed by atoms with Gasteiger partial charge in [-0.05, 0) is 29.9 Å². The van der Waals surface area contributed by atoms with E-state index in [0.29, 0.717) is 35.6 Å². The van der Waals surface area contributed by atoms with Crippen molar-refractivity contribution < 1.29 is 15.0 Å². The summed E-state index contributed by atoms with van der Waals surface area (Å²) in [7, 11) is 0. The van der Waals surface area contributed by atoms with Gasteiger partial charge in [0.2, 0.25) is 11.7 Å². The Kier molecular flexibility index (Phi) is 8.92. The maximum absolute atomic E-state index is 12.0. The minimum atomic E-state index is -1.11. The lowest BCUT2D eigenvalue weighted by atomic mass is 9.99. The van der Waals surface area contributed by atoms with Crippen molar-refractivity contribution in [2.45, 2.75) is 76.3 Å². The molecule has 4 N–H and O–H groups in total. The van der Waals surface area contributed by atoms with Crippen LogP contribution in [0.15, 0.2) is 67.0 Å². The number of unbranched alkanes of at least 4 members (excludes halogenated alkanes) is 2. The minimum absolute atomic E-state index is 0.177. The first-order valence-corrected chi connectivity index (χ1v) is 14.3. The summed E-state index contributed by atoms with van der Waals surface area (Å²) in [5, 5.41) is 28.1. The Morgan fingerprint density at radius 1 is 1.02 bits per heavy atom. The van der Waals surface area contributed by atoms with Gasteiger partial charge in [0.25, 0.3) is 0 Å². The highest BCUT2D eigenvalue weighted by Crippen LogP contribution is 2.35. The predicted molar refractivity (Wildman–Crippen MR) is 158 cm³/mol. The minimum Gasteiger partial charge on any atom is -0.388 e. The van der Waals surface area contributed by atoms with Crippen molar-refractivity contribution in [3.8, 4) is 11.8 Å². The molecule has 1 saturated carbocycles. The molecule has 4 aromatic rings. The SMILES string of the molecule is CCCCC#Cc1nc(NC(c2ccccc2)c2ccccc2)c2ncn([C@@H]3C[C@H](NC(=O)CC)[C@@H](O)[C@H]3O)c2n1. The highest BCUT2D eigenvalue weighted by molar-refractivity contribution is 5.84. The first-order chi connectivity index (χ1) is 20.0. The van der Waals surface area contributed by atoms with E-state index in [0.717, 1.165) is 30.4 Å². The fourth-order valence-corrected chi connectivity index (χ4v) is 5.25. The van der Waals surface area contributed by atoms with Gasteiger partial charge >= 0.3 is 0 Å². The van der Waals surface area contributed by atoms with Gasteiger partial charge in [-0.2, -0.15) is 0 Å². The number of nitrogens with zero attached hydrogens (tertiary/aromatic N) is 4. The lowest BCUT2D eigenvalue weighted by Crippen LogP contribution is -2.42. The highest BCUT2D eigenvalue weighted by Gasteiger charge is 2.43. The van der Waals surface area contributed by atoms with E-state index in [2.05, 4.69) is 58.6 Å². The molecule has 1 aliphatic carbocycles. The molecule has 0 saturated heterocycles. The molecule has 9 nitrogen and oxygen atoms in total. The number of anilines is 1. The molecule has 1 amide bonds. The van der Waals surface area contributed by atoms with E-state index in [1.54, 1.807) is 17.8 Å². The Morgan fingerprint density at radius 3 is 2.34 bits per heavy atom. The van der Waals surface area contributed by atoms with Crippen LogP contribution < -0.4 is 10.6 Å². The number of aliphatic hydroxyl groups is 2. The molecule has 9 heteroatoms. The molecule has 212 valence electrons. The Morgan fingerprint density at radius 2 is 1.71 bits per heavy atom. The fraction of sp³-hybridized carbons (Fsp3) is 0.375. The lowest BCUT2D eigenvalue weighted by molar-refractivity contribution is -0.122. The normalized spacial score (nSPS) is 20.1. The van der Waals surface area contributed by atoms with Crippen LogP contribution >= 0.6 is 0 Å². The van der Waals surface area contributed by atoms with Crippen LogP contribution in [0.5, 0.6) is 0 Å². The monoisotopic (exact) mass is 552 g/mol. The van der Waals surface area contributed by atoms with Crippen molar-refractivity contribution in [1.29, 1.82) is 0 Å². The number of amides is 1. The summed E-state index contributed by atoms with van der Waals surface area (Å²) >= 11 is 0. The summed E-state index contributed by atoms with van der Waals surface area (Å²) in [5.74, 6) is 6.98. The molecule has 2 aromatic heterocycles. The van der Waals surface area contributed by atoms with Gasteiger partial charge in [0.05, 0.1) is 24.5 Å². The second kappa shape index (κ2) is 12.9. The summed E-state index contributed by atoms with van der Waals surface area (Å²) in [4.78, 5) is 26.2. The number of hydrogen-bond donors (Lipinski definition) is 4. The van der Waals surface area contributed by atoms with Crippen LogP contribution in [0.1, 0.15) is 75.0 Å². The predicted octanol–water partition coefficient (Wildman–Crippen LogP) is 4.13. The van der Waals surface area contributed by atoms with Gasteiger partial charge in [-0.15, -0.1) is 0 Å². The maximum atomic E-state index is 12.0. The zero-order valence-electron chi connectivity index (χ0n) is 23.4. The molecule has 0 bridgehead atoms. The Labute approximate surface area is 240 Å². The molecule has 1 fully saturated rings. The lowest BCUT2D eigenvalue weighted by Gasteiger charge is -2.21. The molecular formula is C32H36N6O3. The van der Waals surface area contributed by atoms with Gasteiger partial charge < -0.3 is 25.4 Å². The van der Waals surface area contributed by atoms with Gasteiger partial charge in [0.15, 0.2) is 17.0 Å². The van der Waals surface area contributed by atoms with E-state index in [4.69, 9.17) is 9.97 Å². The molecule has 1 aliphatic rings. The second-order valence-corrected chi connectivity index (χ2v) is 10.3. The molecular weight excluding hydrogens is 516 g/mol. The van der Waals surface area contributed by atoms with Crippen LogP contribution in [0.25, 0.3) is 11.2 Å². The average molecular weight is 553 g/mol. The van der Waals surface area contributed by atoms with E-state index in [-0.39, 0.29) is 11.9 Å². The molecule has 0 spiro atoms. The molecule has 41 heavy (non-hydrogen) atoms. The summed E-state index contributed by atoms with van der Waals surface area (Å²) in [6.45, 7) is 3.87. The van der Waals surface area contributed by atoms with Crippen LogP contribution in [0.2, 0.25) is 0 Å². The quantitative estimate of drug-likeness (QED) is 0.182. The first kappa shape index (κ1) is 28.3. The van der Waals surface area contributed by atoms with E-state index in [9.17, 15) is 15.0 Å². The summed E-state index contributed by atoms with van der Waals surface area (Å²) < 4.78 is 1.77. The van der Waals surface area contributed by atoms with Crippen LogP contribution in [-0.2, 0) is 4.79 Å². The molecule has 4 atom stereocenters. The van der Waals surface area contributed by atoms with Gasteiger partial charge in [0.1, 0.15) is 12.2 Å². The molecule has 0 unspecified atom stereocenters. The second-order valence-electron chi connectivity index (χ2n) is 10.3. The van der Waals surface area contributed by atoms with Gasteiger partial charge in [0, 0.05) is 12.8 Å². The molecule has 2 aromatic carbocycles. The Balaban J connectivity index is 1.57. The van der Waals surface area contributed by atoms with E-state index in [1.807, 2.05) is 36.4 Å². The third-order valence-corrected chi connectivity index (χ3v) is 7.50. The van der Waals surface area contributed by atoms with Crippen LogP contribution in [0.4, 0.5) is 5.82 Å². The number of aromatic nitrogens is 4. The number of nitrogens with one attached hydrogen (secondary N) is 2. The number of carbonyl (C=O) groups is 1. The number of hydrogen-bond acceptors (Lipinski definition) is 7. The average Bonchev–Trinajstić information content (AvgIpc) is 3.55. The van der Waals surface area contributed by atoms with Crippen LogP contribution in [-0.4, -0.2) is 53.9 Å². The van der Waals surface area contributed by atoms with E-state index < -0.39 is 24.3 Å². The highest BCUT2D eigenvalue weighted by atomic mass is 16.3. The number of fused-ring (bicyclic) bond motifs is 1. The molecule has 0 aliphatic heterocycles. The zero-order valence-corrected chi connectivity index (χ0v) is 23.4. The molecule has 5 rings (SSSR count). The smallest absolute Gasteiger partial charge is 0.220 e. The number of benzene rings is 2. The first-order valence-electron chi connectivity index (χ1n) is 14.3. The molecule has 2 heterocycles. The fourth-order valence-electron chi connectivity index (χ4n) is 5.25. The van der Waals surface area contributed by atoms with Crippen molar-refractivity contribution >= 4 is 22.9 Å². The van der Waals surface area contributed by atoms with Crippen molar-refractivity contribution in [3.63, 3.8) is 0 Å². The zero-order chi connectivity index (χ0) is 28.8. The number of rotatable bonds is 9. The van der Waals surface area contributed by atoms with E-state index in [1.165, 1.54) is 0 Å². The Hall–Kier alpha value is -4.26. The third kappa shape index (κ3) is 6.24. The van der Waals surface area contributed by atoms with E-state index >= 15 is 0 Å². The summed E-state index contributed by atoms with van der Waals surface area (Å²) in [6.07, 6.45) is 2.79. The summed E-state index contributed by atoms with van der Waals surface area (Å²) in [6, 6.07) is 18.9.